The fourth-order valence-corrected chi connectivity index (χ4v) is 3.10. The van der Waals surface area contributed by atoms with Crippen molar-refractivity contribution >= 4 is 11.5 Å². The number of rotatable bonds is 2. The predicted molar refractivity (Wildman–Crippen MR) is 84.4 cm³/mol. The van der Waals surface area contributed by atoms with Gasteiger partial charge in [0.1, 0.15) is 11.5 Å². The largest absolute Gasteiger partial charge is 0.367 e. The summed E-state index contributed by atoms with van der Waals surface area (Å²) >= 11 is 0. The van der Waals surface area contributed by atoms with Gasteiger partial charge < -0.3 is 5.32 Å². The second-order valence-corrected chi connectivity index (χ2v) is 6.97. The molecule has 2 aromatic rings. The van der Waals surface area contributed by atoms with Gasteiger partial charge in [-0.25, -0.2) is 4.98 Å². The fraction of sp³-hybridized carbons (Fsp3) is 0.588. The van der Waals surface area contributed by atoms with E-state index in [-0.39, 0.29) is 5.41 Å². The first-order chi connectivity index (χ1) is 9.55. The van der Waals surface area contributed by atoms with Crippen LogP contribution in [0.5, 0.6) is 0 Å². The van der Waals surface area contributed by atoms with Crippen molar-refractivity contribution in [1.29, 1.82) is 0 Å². The Bertz CT molecular complexity index is 586. The summed E-state index contributed by atoms with van der Waals surface area (Å²) in [5.41, 5.74) is 2.27. The first-order valence-electron chi connectivity index (χ1n) is 7.80. The van der Waals surface area contributed by atoms with Crippen LogP contribution in [0.1, 0.15) is 58.6 Å². The van der Waals surface area contributed by atoms with Gasteiger partial charge in [0.05, 0.1) is 5.69 Å². The Hall–Kier alpha value is -1.51. The molecule has 0 saturated heterocycles. The van der Waals surface area contributed by atoms with Gasteiger partial charge in [-0.1, -0.05) is 46.1 Å². The van der Waals surface area contributed by atoms with Gasteiger partial charge in [-0.2, -0.15) is 0 Å². The molecule has 0 bridgehead atoms. The molecule has 0 aliphatic heterocycles. The monoisotopic (exact) mass is 271 g/mol. The molecule has 0 unspecified atom stereocenters. The summed E-state index contributed by atoms with van der Waals surface area (Å²) in [5, 5.41) is 3.78. The van der Waals surface area contributed by atoms with E-state index in [1.807, 2.05) is 0 Å². The molecule has 0 amide bonds. The number of nitrogens with zero attached hydrogens (tertiary/aromatic N) is 2. The molecular formula is C17H25N3. The first-order valence-corrected chi connectivity index (χ1v) is 7.80. The fourth-order valence-electron chi connectivity index (χ4n) is 3.10. The second-order valence-electron chi connectivity index (χ2n) is 6.97. The molecule has 1 aliphatic carbocycles. The number of fused-ring (bicyclic) bond motifs is 1. The lowest BCUT2D eigenvalue weighted by Crippen LogP contribution is -2.25. The van der Waals surface area contributed by atoms with Gasteiger partial charge in [-0.05, 0) is 25.0 Å². The van der Waals surface area contributed by atoms with Crippen molar-refractivity contribution in [1.82, 2.24) is 9.38 Å². The zero-order valence-electron chi connectivity index (χ0n) is 12.8. The molecule has 3 nitrogen and oxygen atoms in total. The quantitative estimate of drug-likeness (QED) is 0.878. The minimum atomic E-state index is 0.0586. The van der Waals surface area contributed by atoms with Crippen molar-refractivity contribution < 1.29 is 0 Å². The topological polar surface area (TPSA) is 29.3 Å². The standard InChI is InChI=1S/C17H25N3/c1-17(2,3)15-16(18-13-9-5-4-6-10-13)20-12-8-7-11-14(20)19-15/h7-8,11-13,18H,4-6,9-10H2,1-3H3. The molecule has 1 aliphatic rings. The Kier molecular flexibility index (Phi) is 3.45. The van der Waals surface area contributed by atoms with Crippen molar-refractivity contribution in [2.45, 2.75) is 64.3 Å². The van der Waals surface area contributed by atoms with E-state index in [9.17, 15) is 0 Å². The van der Waals surface area contributed by atoms with Crippen LogP contribution in [0.25, 0.3) is 5.65 Å². The number of imidazole rings is 1. The van der Waals surface area contributed by atoms with Crippen molar-refractivity contribution in [3.63, 3.8) is 0 Å². The van der Waals surface area contributed by atoms with Gasteiger partial charge in [0, 0.05) is 17.7 Å². The van der Waals surface area contributed by atoms with E-state index >= 15 is 0 Å². The minimum absolute atomic E-state index is 0.0586. The average molecular weight is 271 g/mol. The number of hydrogen-bond donors (Lipinski definition) is 1. The normalized spacial score (nSPS) is 17.6. The molecule has 0 radical (unpaired) electrons. The van der Waals surface area contributed by atoms with Gasteiger partial charge >= 0.3 is 0 Å². The number of hydrogen-bond acceptors (Lipinski definition) is 2. The van der Waals surface area contributed by atoms with Gasteiger partial charge in [0.25, 0.3) is 0 Å². The van der Waals surface area contributed by atoms with Gasteiger partial charge in [-0.3, -0.25) is 4.40 Å². The molecule has 1 saturated carbocycles. The number of pyridine rings is 1. The summed E-state index contributed by atoms with van der Waals surface area (Å²) < 4.78 is 2.20. The molecule has 0 spiro atoms. The zero-order valence-corrected chi connectivity index (χ0v) is 12.8. The highest BCUT2D eigenvalue weighted by Crippen LogP contribution is 2.32. The van der Waals surface area contributed by atoms with Crippen LogP contribution in [0.2, 0.25) is 0 Å². The molecule has 2 heterocycles. The van der Waals surface area contributed by atoms with Crippen molar-refractivity contribution in [2.75, 3.05) is 5.32 Å². The van der Waals surface area contributed by atoms with Gasteiger partial charge in [0.15, 0.2) is 0 Å². The van der Waals surface area contributed by atoms with E-state index in [0.717, 1.165) is 5.65 Å². The van der Waals surface area contributed by atoms with Crippen LogP contribution in [0.15, 0.2) is 24.4 Å². The summed E-state index contributed by atoms with van der Waals surface area (Å²) in [5.74, 6) is 1.19. The molecule has 0 aromatic carbocycles. The highest BCUT2D eigenvalue weighted by atomic mass is 15.1. The highest BCUT2D eigenvalue weighted by molar-refractivity contribution is 5.57. The maximum Gasteiger partial charge on any atom is 0.138 e. The van der Waals surface area contributed by atoms with Crippen LogP contribution in [0.4, 0.5) is 5.82 Å². The number of aromatic nitrogens is 2. The van der Waals surface area contributed by atoms with Gasteiger partial charge in [-0.15, -0.1) is 0 Å². The zero-order chi connectivity index (χ0) is 14.2. The third-order valence-electron chi connectivity index (χ3n) is 4.19. The molecule has 1 N–H and O–H groups in total. The lowest BCUT2D eigenvalue weighted by molar-refractivity contribution is 0.460. The van der Waals surface area contributed by atoms with Crippen LogP contribution in [-0.2, 0) is 5.41 Å². The minimum Gasteiger partial charge on any atom is -0.367 e. The van der Waals surface area contributed by atoms with Crippen LogP contribution in [0.3, 0.4) is 0 Å². The molecule has 20 heavy (non-hydrogen) atoms. The number of anilines is 1. The van der Waals surface area contributed by atoms with E-state index in [1.165, 1.54) is 43.6 Å². The van der Waals surface area contributed by atoms with Crippen LogP contribution in [0, 0.1) is 0 Å². The Morgan fingerprint density at radius 1 is 1.15 bits per heavy atom. The molecular weight excluding hydrogens is 246 g/mol. The molecule has 3 heteroatoms. The molecule has 1 fully saturated rings. The molecule has 3 rings (SSSR count). The van der Waals surface area contributed by atoms with E-state index in [1.54, 1.807) is 0 Å². The van der Waals surface area contributed by atoms with E-state index in [2.05, 4.69) is 54.9 Å². The third-order valence-corrected chi connectivity index (χ3v) is 4.19. The maximum atomic E-state index is 4.85. The SMILES string of the molecule is CC(C)(C)c1nc2ccccn2c1NC1CCCCC1. The maximum absolute atomic E-state index is 4.85. The smallest absolute Gasteiger partial charge is 0.138 e. The summed E-state index contributed by atoms with van der Waals surface area (Å²) in [7, 11) is 0. The van der Waals surface area contributed by atoms with Crippen LogP contribution in [-0.4, -0.2) is 15.4 Å². The van der Waals surface area contributed by atoms with E-state index < -0.39 is 0 Å². The Balaban J connectivity index is 2.01. The summed E-state index contributed by atoms with van der Waals surface area (Å²) in [6.45, 7) is 6.71. The Morgan fingerprint density at radius 3 is 2.60 bits per heavy atom. The molecule has 2 aromatic heterocycles. The summed E-state index contributed by atoms with van der Waals surface area (Å²) in [6, 6.07) is 6.82. The number of nitrogens with one attached hydrogen (secondary N) is 1. The lowest BCUT2D eigenvalue weighted by atomic mass is 9.91. The first kappa shape index (κ1) is 13.5. The van der Waals surface area contributed by atoms with Crippen molar-refractivity contribution in [3.05, 3.63) is 30.1 Å². The van der Waals surface area contributed by atoms with Gasteiger partial charge in [0.2, 0.25) is 0 Å². The van der Waals surface area contributed by atoms with Crippen LogP contribution >= 0.6 is 0 Å². The average Bonchev–Trinajstić information content (AvgIpc) is 2.79. The predicted octanol–water partition coefficient (Wildman–Crippen LogP) is 4.38. The summed E-state index contributed by atoms with van der Waals surface area (Å²) in [6.07, 6.45) is 8.76. The van der Waals surface area contributed by atoms with Crippen molar-refractivity contribution in [3.8, 4) is 0 Å². The second kappa shape index (κ2) is 5.12. The third kappa shape index (κ3) is 2.54. The summed E-state index contributed by atoms with van der Waals surface area (Å²) in [4.78, 5) is 4.85. The van der Waals surface area contributed by atoms with Crippen molar-refractivity contribution in [2.24, 2.45) is 0 Å². The Labute approximate surface area is 121 Å². The molecule has 108 valence electrons. The highest BCUT2D eigenvalue weighted by Gasteiger charge is 2.25. The Morgan fingerprint density at radius 2 is 1.90 bits per heavy atom. The lowest BCUT2D eigenvalue weighted by Gasteiger charge is -2.26. The van der Waals surface area contributed by atoms with E-state index in [0.29, 0.717) is 6.04 Å². The van der Waals surface area contributed by atoms with Crippen LogP contribution < -0.4 is 5.32 Å². The van der Waals surface area contributed by atoms with E-state index in [4.69, 9.17) is 4.98 Å². The molecule has 0 atom stereocenters.